The Kier molecular flexibility index (Phi) is 11.9. The third kappa shape index (κ3) is 8.87. The molecule has 0 radical (unpaired) electrons. The summed E-state index contributed by atoms with van der Waals surface area (Å²) in [5.74, 6) is -0.819. The zero-order chi connectivity index (χ0) is 33.7. The molecule has 242 valence electrons. The number of para-hydroxylation sites is 2. The molecule has 0 aliphatic heterocycles. The van der Waals surface area contributed by atoms with E-state index in [1.165, 1.54) is 14.2 Å². The van der Waals surface area contributed by atoms with Gasteiger partial charge in [0.15, 0.2) is 12.2 Å². The van der Waals surface area contributed by atoms with Crippen LogP contribution < -0.4 is 0 Å². The van der Waals surface area contributed by atoms with Crippen LogP contribution in [-0.4, -0.2) is 47.3 Å². The predicted octanol–water partition coefficient (Wildman–Crippen LogP) is 8.35. The summed E-state index contributed by atoms with van der Waals surface area (Å²) in [5, 5.41) is 2.57. The van der Waals surface area contributed by atoms with Crippen LogP contribution in [0.2, 0.25) is 0 Å². The Morgan fingerprint density at radius 1 is 0.689 bits per heavy atom. The smallest absolute Gasteiger partial charge is 0.339 e. The van der Waals surface area contributed by atoms with E-state index in [0.29, 0.717) is 5.33 Å². The van der Waals surface area contributed by atoms with Gasteiger partial charge in [-0.2, -0.15) is 0 Å². The molecule has 0 spiro atoms. The Hall–Kier alpha value is -3.40. The van der Waals surface area contributed by atoms with Gasteiger partial charge in [-0.05, 0) is 85.6 Å². The van der Waals surface area contributed by atoms with Crippen LogP contribution in [0.15, 0.2) is 48.5 Å². The Balaban J connectivity index is 0.000000246. The van der Waals surface area contributed by atoms with Crippen molar-refractivity contribution in [2.45, 2.75) is 91.1 Å². The van der Waals surface area contributed by atoms with Gasteiger partial charge in [0.1, 0.15) is 0 Å². The maximum absolute atomic E-state index is 12.4. The lowest BCUT2D eigenvalue weighted by molar-refractivity contribution is -0.164. The van der Waals surface area contributed by atoms with E-state index in [1.54, 1.807) is 0 Å². The van der Waals surface area contributed by atoms with Gasteiger partial charge in [0.2, 0.25) is 0 Å². The normalized spacial score (nSPS) is 13.2. The molecule has 2 heterocycles. The SMILES string of the molecule is COC(=O)[C@@H](OC(C)(C)C)c1c(C)nc2ccccc2c1C.COC(=O)[C@@H](OC(C)(C)C)c1c(CBr)nc2ccccc2c1C. The molecule has 4 aromatic rings. The lowest BCUT2D eigenvalue weighted by Gasteiger charge is -2.28. The highest BCUT2D eigenvalue weighted by Gasteiger charge is 2.33. The maximum Gasteiger partial charge on any atom is 0.339 e. The van der Waals surface area contributed by atoms with Crippen molar-refractivity contribution < 1.29 is 28.5 Å². The molecular weight excluding hydrogens is 636 g/mol. The highest BCUT2D eigenvalue weighted by Crippen LogP contribution is 2.35. The second-order valence-electron chi connectivity index (χ2n) is 12.8. The van der Waals surface area contributed by atoms with E-state index in [9.17, 15) is 9.59 Å². The Morgan fingerprint density at radius 2 is 1.09 bits per heavy atom. The van der Waals surface area contributed by atoms with Gasteiger partial charge in [-0.1, -0.05) is 52.3 Å². The molecule has 2 atom stereocenters. The number of aryl methyl sites for hydroxylation is 3. The minimum atomic E-state index is -0.801. The number of pyridine rings is 2. The number of aromatic nitrogens is 2. The number of nitrogens with zero attached hydrogens (tertiary/aromatic N) is 2. The summed E-state index contributed by atoms with van der Waals surface area (Å²) in [6.45, 7) is 17.4. The fraction of sp³-hybridized carbons (Fsp3) is 0.444. The first-order valence-corrected chi connectivity index (χ1v) is 16.0. The zero-order valence-corrected chi connectivity index (χ0v) is 29.8. The van der Waals surface area contributed by atoms with Gasteiger partial charge in [-0.25, -0.2) is 9.59 Å². The molecule has 0 saturated carbocycles. The topological polar surface area (TPSA) is 96.8 Å². The van der Waals surface area contributed by atoms with Crippen LogP contribution in [0.1, 0.15) is 87.4 Å². The monoisotopic (exact) mass is 680 g/mol. The summed E-state index contributed by atoms with van der Waals surface area (Å²) in [6.07, 6.45) is -1.58. The largest absolute Gasteiger partial charge is 0.467 e. The van der Waals surface area contributed by atoms with Gasteiger partial charge >= 0.3 is 11.9 Å². The molecule has 0 amide bonds. The van der Waals surface area contributed by atoms with Crippen molar-refractivity contribution in [3.8, 4) is 0 Å². The quantitative estimate of drug-likeness (QED) is 0.142. The fourth-order valence-corrected chi connectivity index (χ4v) is 5.64. The van der Waals surface area contributed by atoms with Crippen LogP contribution in [0.25, 0.3) is 21.8 Å². The molecule has 0 aliphatic carbocycles. The van der Waals surface area contributed by atoms with Crippen LogP contribution in [0.3, 0.4) is 0 Å². The standard InChI is InChI=1S/C18H22BrNO3.C18H23NO3/c1-11-12-8-6-7-9-13(12)20-14(10-19)15(11)16(17(21)22-5)23-18(2,3)4;1-11-13-9-7-8-10-14(13)19-12(2)15(11)16(17(20)21-6)22-18(3,4)5/h6-9,16H,10H2,1-5H3;7-10,16H,1-6H3/t2*16-/m00/s1. The number of ether oxygens (including phenoxy) is 4. The van der Waals surface area contributed by atoms with E-state index in [0.717, 1.165) is 55.4 Å². The molecule has 0 unspecified atom stereocenters. The molecule has 0 fully saturated rings. The van der Waals surface area contributed by atoms with Crippen molar-refractivity contribution in [2.24, 2.45) is 0 Å². The van der Waals surface area contributed by atoms with Gasteiger partial charge < -0.3 is 18.9 Å². The Labute approximate surface area is 275 Å². The first-order valence-electron chi connectivity index (χ1n) is 14.8. The van der Waals surface area contributed by atoms with Crippen molar-refractivity contribution in [2.75, 3.05) is 14.2 Å². The third-order valence-corrected chi connectivity index (χ3v) is 7.62. The van der Waals surface area contributed by atoms with Crippen molar-refractivity contribution in [1.29, 1.82) is 0 Å². The number of rotatable bonds is 7. The van der Waals surface area contributed by atoms with Crippen molar-refractivity contribution >= 4 is 49.7 Å². The van der Waals surface area contributed by atoms with E-state index in [1.807, 2.05) is 111 Å². The minimum Gasteiger partial charge on any atom is -0.467 e. The lowest BCUT2D eigenvalue weighted by Crippen LogP contribution is -2.29. The second-order valence-corrected chi connectivity index (χ2v) is 13.3. The second kappa shape index (κ2) is 14.8. The average Bonchev–Trinajstić information content (AvgIpc) is 2.98. The Bertz CT molecular complexity index is 1670. The first kappa shape index (κ1) is 36.1. The molecular formula is C36H45BrN2O6. The van der Waals surface area contributed by atoms with E-state index in [4.69, 9.17) is 18.9 Å². The number of esters is 2. The molecule has 0 N–H and O–H groups in total. The summed E-state index contributed by atoms with van der Waals surface area (Å²) in [6, 6.07) is 15.8. The molecule has 8 nitrogen and oxygen atoms in total. The van der Waals surface area contributed by atoms with Crippen LogP contribution in [0.5, 0.6) is 0 Å². The first-order chi connectivity index (χ1) is 21.0. The maximum atomic E-state index is 12.4. The number of carbonyl (C=O) groups excluding carboxylic acids is 2. The number of hydrogen-bond acceptors (Lipinski definition) is 8. The lowest BCUT2D eigenvalue weighted by atomic mass is 9.97. The zero-order valence-electron chi connectivity index (χ0n) is 28.2. The fourth-order valence-electron chi connectivity index (χ4n) is 5.21. The van der Waals surface area contributed by atoms with Crippen LogP contribution in [0, 0.1) is 20.8 Å². The van der Waals surface area contributed by atoms with Crippen molar-refractivity contribution in [3.05, 3.63) is 82.2 Å². The number of methoxy groups -OCH3 is 2. The van der Waals surface area contributed by atoms with E-state index < -0.39 is 35.3 Å². The summed E-state index contributed by atoms with van der Waals surface area (Å²) in [5.41, 5.74) is 6.01. The van der Waals surface area contributed by atoms with Crippen molar-refractivity contribution in [3.63, 3.8) is 0 Å². The Morgan fingerprint density at radius 3 is 1.51 bits per heavy atom. The molecule has 0 saturated heterocycles. The highest BCUT2D eigenvalue weighted by atomic mass is 79.9. The van der Waals surface area contributed by atoms with E-state index >= 15 is 0 Å². The van der Waals surface area contributed by atoms with E-state index in [2.05, 4.69) is 25.9 Å². The van der Waals surface area contributed by atoms with Gasteiger partial charge in [0.25, 0.3) is 0 Å². The van der Waals surface area contributed by atoms with Crippen LogP contribution in [0.4, 0.5) is 0 Å². The molecule has 45 heavy (non-hydrogen) atoms. The molecule has 2 aromatic carbocycles. The number of carbonyl (C=O) groups is 2. The summed E-state index contributed by atoms with van der Waals surface area (Å²) >= 11 is 3.48. The van der Waals surface area contributed by atoms with E-state index in [-0.39, 0.29) is 0 Å². The van der Waals surface area contributed by atoms with Gasteiger partial charge in [0, 0.05) is 32.9 Å². The van der Waals surface area contributed by atoms with Gasteiger partial charge in [0.05, 0.1) is 42.1 Å². The summed E-state index contributed by atoms with van der Waals surface area (Å²) in [7, 11) is 2.75. The van der Waals surface area contributed by atoms with Gasteiger partial charge in [-0.15, -0.1) is 0 Å². The number of benzene rings is 2. The number of halogens is 1. The minimum absolute atomic E-state index is 0.404. The third-order valence-electron chi connectivity index (χ3n) is 7.09. The number of fused-ring (bicyclic) bond motifs is 2. The number of hydrogen-bond donors (Lipinski definition) is 0. The molecule has 4 rings (SSSR count). The molecule has 0 bridgehead atoms. The molecule has 0 aliphatic rings. The summed E-state index contributed by atoms with van der Waals surface area (Å²) < 4.78 is 21.9. The highest BCUT2D eigenvalue weighted by molar-refractivity contribution is 9.08. The predicted molar refractivity (Wildman–Crippen MR) is 182 cm³/mol. The average molecular weight is 682 g/mol. The molecule has 2 aromatic heterocycles. The van der Waals surface area contributed by atoms with Crippen LogP contribution in [-0.2, 0) is 33.9 Å². The number of alkyl halides is 1. The van der Waals surface area contributed by atoms with Crippen LogP contribution >= 0.6 is 15.9 Å². The van der Waals surface area contributed by atoms with Gasteiger partial charge in [-0.3, -0.25) is 9.97 Å². The summed E-state index contributed by atoms with van der Waals surface area (Å²) in [4.78, 5) is 33.9. The van der Waals surface area contributed by atoms with Crippen molar-refractivity contribution in [1.82, 2.24) is 9.97 Å². The molecule has 9 heteroatoms.